The van der Waals surface area contributed by atoms with Crippen LogP contribution in [0.2, 0.25) is 0 Å². The van der Waals surface area contributed by atoms with Gasteiger partial charge in [-0.05, 0) is 30.7 Å². The van der Waals surface area contributed by atoms with Crippen LogP contribution in [-0.4, -0.2) is 50.2 Å². The number of rotatable bonds is 7. The van der Waals surface area contributed by atoms with Gasteiger partial charge in [-0.1, -0.05) is 24.3 Å². The van der Waals surface area contributed by atoms with Gasteiger partial charge in [0.25, 0.3) is 0 Å². The quantitative estimate of drug-likeness (QED) is 0.577. The van der Waals surface area contributed by atoms with Crippen molar-refractivity contribution in [2.45, 2.75) is 32.1 Å². The molecular formula is C20H21N7O2S. The number of ketones is 1. The molecule has 1 unspecified atom stereocenters. The Kier molecular flexibility index (Phi) is 6.03. The largest absolute Gasteiger partial charge is 0.346 e. The summed E-state index contributed by atoms with van der Waals surface area (Å²) in [5, 5.41) is 20.6. The van der Waals surface area contributed by atoms with Crippen LogP contribution in [0.1, 0.15) is 46.9 Å². The third-order valence-corrected chi connectivity index (χ3v) is 5.90. The zero-order valence-electron chi connectivity index (χ0n) is 16.5. The van der Waals surface area contributed by atoms with Crippen LogP contribution in [0, 0.1) is 0 Å². The zero-order chi connectivity index (χ0) is 20.9. The molecule has 154 valence electrons. The first-order chi connectivity index (χ1) is 14.6. The third-order valence-electron chi connectivity index (χ3n) is 4.87. The summed E-state index contributed by atoms with van der Waals surface area (Å²) in [6.45, 7) is 3.39. The molecule has 30 heavy (non-hydrogen) atoms. The van der Waals surface area contributed by atoms with E-state index in [9.17, 15) is 9.59 Å². The highest BCUT2D eigenvalue weighted by Gasteiger charge is 2.28. The second-order valence-corrected chi connectivity index (χ2v) is 7.94. The fraction of sp³-hybridized carbons (Fsp3) is 0.350. The molecule has 10 heteroatoms. The van der Waals surface area contributed by atoms with Crippen molar-refractivity contribution in [3.05, 3.63) is 52.9 Å². The number of carbonyl (C=O) groups excluding carboxylic acids is 2. The van der Waals surface area contributed by atoms with E-state index in [0.29, 0.717) is 22.9 Å². The lowest BCUT2D eigenvalue weighted by atomic mass is 10.1. The summed E-state index contributed by atoms with van der Waals surface area (Å²) in [6, 6.07) is 9.12. The van der Waals surface area contributed by atoms with Crippen LogP contribution in [0.25, 0.3) is 0 Å². The van der Waals surface area contributed by atoms with Crippen molar-refractivity contribution in [3.63, 3.8) is 0 Å². The molecule has 0 spiro atoms. The third kappa shape index (κ3) is 4.65. The summed E-state index contributed by atoms with van der Waals surface area (Å²) in [7, 11) is 0. The van der Waals surface area contributed by atoms with E-state index in [-0.39, 0.29) is 24.0 Å². The molecule has 4 heterocycles. The molecule has 1 aliphatic rings. The smallest absolute Gasteiger partial charge is 0.231 e. The lowest BCUT2D eigenvalue weighted by molar-refractivity contribution is -0.115. The van der Waals surface area contributed by atoms with Crippen molar-refractivity contribution in [1.29, 1.82) is 0 Å². The van der Waals surface area contributed by atoms with Crippen LogP contribution in [-0.2, 0) is 11.2 Å². The number of hydrogen-bond donors (Lipinski definition) is 1. The molecule has 0 radical (unpaired) electrons. The summed E-state index contributed by atoms with van der Waals surface area (Å²) in [5.74, 6) is 0.462. The monoisotopic (exact) mass is 423 g/mol. The Morgan fingerprint density at radius 3 is 2.80 bits per heavy atom. The van der Waals surface area contributed by atoms with Crippen molar-refractivity contribution in [1.82, 2.24) is 25.4 Å². The summed E-state index contributed by atoms with van der Waals surface area (Å²) < 4.78 is 0. The molecule has 4 rings (SSSR count). The fourth-order valence-corrected chi connectivity index (χ4v) is 4.15. The van der Waals surface area contributed by atoms with Crippen LogP contribution in [0.5, 0.6) is 0 Å². The highest BCUT2D eigenvalue weighted by atomic mass is 32.1. The van der Waals surface area contributed by atoms with Crippen molar-refractivity contribution in [2.75, 3.05) is 23.3 Å². The van der Waals surface area contributed by atoms with E-state index >= 15 is 0 Å². The molecule has 3 aromatic rings. The number of aromatic nitrogens is 5. The lowest BCUT2D eigenvalue weighted by Crippen LogP contribution is -2.19. The maximum absolute atomic E-state index is 12.1. The van der Waals surface area contributed by atoms with Gasteiger partial charge >= 0.3 is 0 Å². The minimum absolute atomic E-state index is 0.0149. The van der Waals surface area contributed by atoms with Gasteiger partial charge in [0.1, 0.15) is 0 Å². The van der Waals surface area contributed by atoms with Crippen LogP contribution in [0.15, 0.2) is 36.5 Å². The molecule has 3 aromatic heterocycles. The predicted octanol–water partition coefficient (Wildman–Crippen LogP) is 2.49. The van der Waals surface area contributed by atoms with Crippen molar-refractivity contribution < 1.29 is 9.59 Å². The van der Waals surface area contributed by atoms with E-state index < -0.39 is 0 Å². The minimum atomic E-state index is -0.184. The molecule has 1 aliphatic heterocycles. The van der Waals surface area contributed by atoms with Crippen LogP contribution < -0.4 is 10.2 Å². The Bertz CT molecular complexity index is 1020. The lowest BCUT2D eigenvalue weighted by Gasteiger charge is -2.13. The topological polar surface area (TPSA) is 114 Å². The molecule has 9 nitrogen and oxygen atoms in total. The molecule has 0 aromatic carbocycles. The van der Waals surface area contributed by atoms with Gasteiger partial charge in [0, 0.05) is 37.3 Å². The number of anilines is 2. The normalized spacial score (nSPS) is 15.9. The van der Waals surface area contributed by atoms with Gasteiger partial charge in [0.05, 0.1) is 12.1 Å². The first-order valence-corrected chi connectivity index (χ1v) is 10.6. The van der Waals surface area contributed by atoms with Gasteiger partial charge in [-0.2, -0.15) is 5.10 Å². The number of carbonyl (C=O) groups is 2. The van der Waals surface area contributed by atoms with Gasteiger partial charge in [-0.3, -0.25) is 14.6 Å². The molecule has 1 fully saturated rings. The highest BCUT2D eigenvalue weighted by molar-refractivity contribution is 7.17. The van der Waals surface area contributed by atoms with Gasteiger partial charge in [0.2, 0.25) is 11.0 Å². The van der Waals surface area contributed by atoms with Gasteiger partial charge in [-0.25, -0.2) is 0 Å². The van der Waals surface area contributed by atoms with Gasteiger partial charge in [-0.15, -0.1) is 15.3 Å². The minimum Gasteiger partial charge on any atom is -0.346 e. The molecule has 1 N–H and O–H groups in total. The average molecular weight is 424 g/mol. The molecule has 0 aliphatic carbocycles. The number of hydrogen-bond acceptors (Lipinski definition) is 9. The molecule has 1 atom stereocenters. The van der Waals surface area contributed by atoms with Crippen molar-refractivity contribution in [2.24, 2.45) is 0 Å². The van der Waals surface area contributed by atoms with E-state index in [1.807, 2.05) is 25.1 Å². The molecule has 1 amide bonds. The predicted molar refractivity (Wildman–Crippen MR) is 113 cm³/mol. The highest BCUT2D eigenvalue weighted by Crippen LogP contribution is 2.31. The first-order valence-electron chi connectivity index (χ1n) is 9.77. The maximum atomic E-state index is 12.1. The summed E-state index contributed by atoms with van der Waals surface area (Å²) in [5.41, 5.74) is 1.57. The SMILES string of the molecule is CCC(=O)c1nnc(N2CCC(c3ccc(NC(=O)Cc4ccccn4)nn3)C2)s1. The standard InChI is InChI=1S/C20H21N7O2S/c1-2-16(28)19-25-26-20(30-19)27-10-8-13(12-27)15-6-7-17(24-23-15)22-18(29)11-14-5-3-4-9-21-14/h3-7,9,13H,2,8,10-12H2,1H3,(H,22,24,29). The Morgan fingerprint density at radius 2 is 2.07 bits per heavy atom. The molecule has 1 saturated heterocycles. The van der Waals surface area contributed by atoms with E-state index in [4.69, 9.17) is 0 Å². The number of nitrogens with one attached hydrogen (secondary N) is 1. The molecular weight excluding hydrogens is 402 g/mol. The number of pyridine rings is 1. The first kappa shape index (κ1) is 20.0. The molecule has 0 bridgehead atoms. The Morgan fingerprint density at radius 1 is 1.17 bits per heavy atom. The van der Waals surface area contributed by atoms with Gasteiger partial charge in [0.15, 0.2) is 16.6 Å². The Labute approximate surface area is 177 Å². The van der Waals surface area contributed by atoms with Crippen LogP contribution >= 0.6 is 11.3 Å². The Balaban J connectivity index is 1.33. The second kappa shape index (κ2) is 9.04. The van der Waals surface area contributed by atoms with E-state index in [0.717, 1.165) is 30.3 Å². The van der Waals surface area contributed by atoms with E-state index in [2.05, 4.69) is 35.6 Å². The van der Waals surface area contributed by atoms with Crippen LogP contribution in [0.4, 0.5) is 10.9 Å². The van der Waals surface area contributed by atoms with Gasteiger partial charge < -0.3 is 10.2 Å². The van der Waals surface area contributed by atoms with Crippen LogP contribution in [0.3, 0.4) is 0 Å². The summed E-state index contributed by atoms with van der Waals surface area (Å²) in [6.07, 6.45) is 3.19. The van der Waals surface area contributed by atoms with E-state index in [1.54, 1.807) is 18.3 Å². The number of Topliss-reactive ketones (excluding diaryl/α,β-unsaturated/α-hetero) is 1. The average Bonchev–Trinajstić information content (AvgIpc) is 3.44. The maximum Gasteiger partial charge on any atom is 0.231 e. The summed E-state index contributed by atoms with van der Waals surface area (Å²) in [4.78, 5) is 30.2. The molecule has 0 saturated carbocycles. The summed E-state index contributed by atoms with van der Waals surface area (Å²) >= 11 is 1.34. The van der Waals surface area contributed by atoms with Crippen molar-refractivity contribution >= 4 is 34.0 Å². The number of nitrogens with zero attached hydrogens (tertiary/aromatic N) is 6. The second-order valence-electron chi connectivity index (χ2n) is 6.99. The zero-order valence-corrected chi connectivity index (χ0v) is 17.3. The Hall–Kier alpha value is -3.27. The number of amides is 1. The fourth-order valence-electron chi connectivity index (χ4n) is 3.26. The van der Waals surface area contributed by atoms with E-state index in [1.165, 1.54) is 11.3 Å². The van der Waals surface area contributed by atoms with Crippen molar-refractivity contribution in [3.8, 4) is 0 Å².